The van der Waals surface area contributed by atoms with Crippen molar-refractivity contribution < 1.29 is 9.90 Å². The monoisotopic (exact) mass is 294 g/mol. The molecule has 0 spiro atoms. The van der Waals surface area contributed by atoms with E-state index in [9.17, 15) is 9.90 Å². The predicted molar refractivity (Wildman–Crippen MR) is 86.3 cm³/mol. The van der Waals surface area contributed by atoms with Gasteiger partial charge in [-0.05, 0) is 23.1 Å². The summed E-state index contributed by atoms with van der Waals surface area (Å²) in [5, 5.41) is 13.9. The summed E-state index contributed by atoms with van der Waals surface area (Å²) >= 11 is 0. The van der Waals surface area contributed by atoms with Crippen LogP contribution >= 0.6 is 0 Å². The van der Waals surface area contributed by atoms with E-state index in [1.807, 2.05) is 71.4 Å². The molecule has 1 amide bonds. The molecular weight excluding hydrogens is 276 g/mol. The SMILES string of the molecule is O=C(Cn1ccc2ccccc21)NC[C@H](O)c1ccccc1. The van der Waals surface area contributed by atoms with Crippen LogP contribution in [0.15, 0.2) is 66.9 Å². The van der Waals surface area contributed by atoms with Crippen LogP contribution in [0.3, 0.4) is 0 Å². The minimum atomic E-state index is -0.688. The molecule has 1 aromatic heterocycles. The Morgan fingerprint density at radius 1 is 1.05 bits per heavy atom. The number of fused-ring (bicyclic) bond motifs is 1. The Bertz CT molecular complexity index is 765. The van der Waals surface area contributed by atoms with Gasteiger partial charge in [-0.3, -0.25) is 4.79 Å². The number of carbonyl (C=O) groups is 1. The lowest BCUT2D eigenvalue weighted by atomic mass is 10.1. The van der Waals surface area contributed by atoms with Gasteiger partial charge in [0.15, 0.2) is 0 Å². The van der Waals surface area contributed by atoms with Gasteiger partial charge in [0.25, 0.3) is 0 Å². The lowest BCUT2D eigenvalue weighted by Crippen LogP contribution is -2.31. The molecule has 0 aliphatic carbocycles. The lowest BCUT2D eigenvalue weighted by molar-refractivity contribution is -0.122. The first-order valence-electron chi connectivity index (χ1n) is 7.27. The molecule has 2 aromatic carbocycles. The second-order valence-corrected chi connectivity index (χ2v) is 5.23. The summed E-state index contributed by atoms with van der Waals surface area (Å²) < 4.78 is 1.90. The van der Waals surface area contributed by atoms with E-state index in [0.717, 1.165) is 16.5 Å². The summed E-state index contributed by atoms with van der Waals surface area (Å²) in [4.78, 5) is 12.0. The lowest BCUT2D eigenvalue weighted by Gasteiger charge is -2.12. The third-order valence-electron chi connectivity index (χ3n) is 3.67. The van der Waals surface area contributed by atoms with Crippen LogP contribution in [0, 0.1) is 0 Å². The van der Waals surface area contributed by atoms with Crippen molar-refractivity contribution >= 4 is 16.8 Å². The van der Waals surface area contributed by atoms with Crippen molar-refractivity contribution in [2.45, 2.75) is 12.6 Å². The Morgan fingerprint density at radius 3 is 2.59 bits per heavy atom. The zero-order valence-electron chi connectivity index (χ0n) is 12.1. The average Bonchev–Trinajstić information content (AvgIpc) is 2.97. The van der Waals surface area contributed by atoms with Crippen molar-refractivity contribution in [3.05, 3.63) is 72.4 Å². The molecule has 4 heteroatoms. The van der Waals surface area contributed by atoms with Crippen molar-refractivity contribution in [3.8, 4) is 0 Å². The van der Waals surface area contributed by atoms with Gasteiger partial charge in [-0.1, -0.05) is 48.5 Å². The maximum atomic E-state index is 12.0. The number of aliphatic hydroxyl groups excluding tert-OH is 1. The molecule has 3 rings (SSSR count). The number of aliphatic hydroxyl groups is 1. The Morgan fingerprint density at radius 2 is 1.77 bits per heavy atom. The van der Waals surface area contributed by atoms with Crippen LogP contribution in [0.5, 0.6) is 0 Å². The smallest absolute Gasteiger partial charge is 0.240 e. The van der Waals surface area contributed by atoms with Gasteiger partial charge in [0.05, 0.1) is 6.10 Å². The topological polar surface area (TPSA) is 54.3 Å². The maximum Gasteiger partial charge on any atom is 0.240 e. The number of rotatable bonds is 5. The first-order valence-corrected chi connectivity index (χ1v) is 7.27. The quantitative estimate of drug-likeness (QED) is 0.759. The minimum Gasteiger partial charge on any atom is -0.387 e. The second kappa shape index (κ2) is 6.45. The number of benzene rings is 2. The molecule has 1 heterocycles. The number of hydrogen-bond donors (Lipinski definition) is 2. The Labute approximate surface area is 129 Å². The van der Waals surface area contributed by atoms with Crippen LogP contribution in [0.2, 0.25) is 0 Å². The van der Waals surface area contributed by atoms with Gasteiger partial charge in [-0.2, -0.15) is 0 Å². The summed E-state index contributed by atoms with van der Waals surface area (Å²) in [5.74, 6) is -0.115. The normalized spacial score (nSPS) is 12.2. The molecule has 2 N–H and O–H groups in total. The molecule has 0 aliphatic heterocycles. The molecule has 22 heavy (non-hydrogen) atoms. The van der Waals surface area contributed by atoms with Crippen LogP contribution < -0.4 is 5.32 Å². The van der Waals surface area contributed by atoms with Crippen molar-refractivity contribution in [1.29, 1.82) is 0 Å². The molecule has 1 atom stereocenters. The zero-order chi connectivity index (χ0) is 15.4. The molecule has 112 valence electrons. The third kappa shape index (κ3) is 3.18. The van der Waals surface area contributed by atoms with Crippen LogP contribution in [0.4, 0.5) is 0 Å². The van der Waals surface area contributed by atoms with Gasteiger partial charge in [-0.25, -0.2) is 0 Å². The molecule has 4 nitrogen and oxygen atoms in total. The van der Waals surface area contributed by atoms with Gasteiger partial charge >= 0.3 is 0 Å². The molecule has 0 radical (unpaired) electrons. The van der Waals surface area contributed by atoms with E-state index in [-0.39, 0.29) is 19.0 Å². The Kier molecular flexibility index (Phi) is 4.21. The molecule has 0 aliphatic rings. The molecular formula is C18H18N2O2. The molecule has 0 bridgehead atoms. The second-order valence-electron chi connectivity index (χ2n) is 5.23. The van der Waals surface area contributed by atoms with Gasteiger partial charge in [0, 0.05) is 18.3 Å². The van der Waals surface area contributed by atoms with E-state index in [4.69, 9.17) is 0 Å². The molecule has 0 saturated carbocycles. The van der Waals surface area contributed by atoms with Gasteiger partial charge < -0.3 is 15.0 Å². The zero-order valence-corrected chi connectivity index (χ0v) is 12.1. The number of aromatic nitrogens is 1. The van der Waals surface area contributed by atoms with E-state index in [1.165, 1.54) is 0 Å². The summed E-state index contributed by atoms with van der Waals surface area (Å²) in [7, 11) is 0. The highest BCUT2D eigenvalue weighted by Crippen LogP contribution is 2.15. The summed E-state index contributed by atoms with van der Waals surface area (Å²) in [6, 6.07) is 19.2. The highest BCUT2D eigenvalue weighted by atomic mass is 16.3. The number of nitrogens with zero attached hydrogens (tertiary/aromatic N) is 1. The van der Waals surface area contributed by atoms with Crippen molar-refractivity contribution in [3.63, 3.8) is 0 Å². The number of hydrogen-bond acceptors (Lipinski definition) is 2. The predicted octanol–water partition coefficient (Wildman–Crippen LogP) is 2.49. The number of nitrogens with one attached hydrogen (secondary N) is 1. The number of carbonyl (C=O) groups excluding carboxylic acids is 1. The molecule has 0 fully saturated rings. The minimum absolute atomic E-state index is 0.115. The first kappa shape index (κ1) is 14.4. The number of amides is 1. The summed E-state index contributed by atoms with van der Waals surface area (Å²) in [6.45, 7) is 0.455. The standard InChI is InChI=1S/C18H18N2O2/c21-17(15-7-2-1-3-8-15)12-19-18(22)13-20-11-10-14-6-4-5-9-16(14)20/h1-11,17,21H,12-13H2,(H,19,22)/t17-/m0/s1. The Hall–Kier alpha value is -2.59. The van der Waals surface area contributed by atoms with Crippen LogP contribution in [-0.4, -0.2) is 22.1 Å². The van der Waals surface area contributed by atoms with Gasteiger partial charge in [0.1, 0.15) is 6.54 Å². The molecule has 0 saturated heterocycles. The highest BCUT2D eigenvalue weighted by molar-refractivity contribution is 5.83. The molecule has 3 aromatic rings. The fourth-order valence-electron chi connectivity index (χ4n) is 2.49. The van der Waals surface area contributed by atoms with E-state index >= 15 is 0 Å². The third-order valence-corrected chi connectivity index (χ3v) is 3.67. The first-order chi connectivity index (χ1) is 10.7. The van der Waals surface area contributed by atoms with Gasteiger partial charge in [0.2, 0.25) is 5.91 Å². The van der Waals surface area contributed by atoms with Crippen molar-refractivity contribution in [1.82, 2.24) is 9.88 Å². The van der Waals surface area contributed by atoms with Gasteiger partial charge in [-0.15, -0.1) is 0 Å². The molecule has 0 unspecified atom stereocenters. The van der Waals surface area contributed by atoms with E-state index in [1.54, 1.807) is 0 Å². The average molecular weight is 294 g/mol. The number of para-hydroxylation sites is 1. The fraction of sp³-hybridized carbons (Fsp3) is 0.167. The van der Waals surface area contributed by atoms with Crippen molar-refractivity contribution in [2.24, 2.45) is 0 Å². The summed E-state index contributed by atoms with van der Waals surface area (Å²) in [6.07, 6.45) is 1.21. The van der Waals surface area contributed by atoms with E-state index in [2.05, 4.69) is 5.32 Å². The fourth-order valence-corrected chi connectivity index (χ4v) is 2.49. The Balaban J connectivity index is 1.59. The van der Waals surface area contributed by atoms with E-state index in [0.29, 0.717) is 0 Å². The highest BCUT2D eigenvalue weighted by Gasteiger charge is 2.10. The van der Waals surface area contributed by atoms with Crippen molar-refractivity contribution in [2.75, 3.05) is 6.54 Å². The van der Waals surface area contributed by atoms with Crippen LogP contribution in [0.25, 0.3) is 10.9 Å². The van der Waals surface area contributed by atoms with Crippen LogP contribution in [0.1, 0.15) is 11.7 Å². The largest absolute Gasteiger partial charge is 0.387 e. The van der Waals surface area contributed by atoms with Crippen LogP contribution in [-0.2, 0) is 11.3 Å². The maximum absolute atomic E-state index is 12.0. The summed E-state index contributed by atoms with van der Waals surface area (Å²) in [5.41, 5.74) is 1.83. The van der Waals surface area contributed by atoms with E-state index < -0.39 is 6.10 Å².